The molecule has 64 heavy (non-hydrogen) atoms. The molecule has 1 unspecified atom stereocenters. The molecule has 334 valence electrons. The van der Waals surface area contributed by atoms with Crippen LogP contribution in [0.2, 0.25) is 0 Å². The monoisotopic (exact) mass is 892 g/mol. The molecule has 6 aromatic rings. The number of imidazole rings is 2. The van der Waals surface area contributed by atoms with Gasteiger partial charge in [-0.2, -0.15) is 0 Å². The van der Waals surface area contributed by atoms with Crippen molar-refractivity contribution in [3.8, 4) is 39.5 Å². The Balaban J connectivity index is 1.05. The van der Waals surface area contributed by atoms with E-state index in [1.54, 1.807) is 33.5 Å². The first-order valence-corrected chi connectivity index (χ1v) is 22.3. The van der Waals surface area contributed by atoms with E-state index in [-0.39, 0.29) is 30.3 Å². The highest BCUT2D eigenvalue weighted by Crippen LogP contribution is 2.49. The lowest BCUT2D eigenvalue weighted by Crippen LogP contribution is -2.52. The first kappa shape index (κ1) is 42.5. The van der Waals surface area contributed by atoms with Gasteiger partial charge in [-0.15, -0.1) is 11.3 Å². The molecule has 4 N–H and O–H groups in total. The van der Waals surface area contributed by atoms with Crippen LogP contribution in [-0.4, -0.2) is 98.3 Å². The molecule has 9 rings (SSSR count). The topological polar surface area (TPSA) is 202 Å². The summed E-state index contributed by atoms with van der Waals surface area (Å²) in [5, 5.41) is 7.00. The van der Waals surface area contributed by atoms with Crippen LogP contribution in [0.25, 0.3) is 44.7 Å². The van der Waals surface area contributed by atoms with Crippen LogP contribution < -0.4 is 20.3 Å². The summed E-state index contributed by atoms with van der Waals surface area (Å²) in [7, 11) is 2.50. The number of carbonyl (C=O) groups excluding carboxylic acids is 4. The predicted molar refractivity (Wildman–Crippen MR) is 236 cm³/mol. The molecule has 3 aliphatic rings. The second kappa shape index (κ2) is 17.4. The van der Waals surface area contributed by atoms with Crippen molar-refractivity contribution in [3.63, 3.8) is 0 Å². The van der Waals surface area contributed by atoms with Crippen LogP contribution in [0.1, 0.15) is 86.8 Å². The number of aromatic nitrogens is 6. The number of aromatic amines is 2. The Kier molecular flexibility index (Phi) is 11.6. The lowest BCUT2D eigenvalue weighted by Gasteiger charge is -2.29. The van der Waals surface area contributed by atoms with Crippen molar-refractivity contribution in [2.45, 2.75) is 77.1 Å². The van der Waals surface area contributed by atoms with Crippen molar-refractivity contribution in [1.29, 1.82) is 0 Å². The number of fused-ring (bicyclic) bond motifs is 5. The highest BCUT2D eigenvalue weighted by molar-refractivity contribution is 7.11. The quantitative estimate of drug-likeness (QED) is 0.0893. The number of nitrogens with zero attached hydrogens (tertiary/aromatic N) is 6. The summed E-state index contributed by atoms with van der Waals surface area (Å²) in [6, 6.07) is 10.0. The summed E-state index contributed by atoms with van der Waals surface area (Å²) in [5.41, 5.74) is 4.33. The molecule has 0 bridgehead atoms. The lowest BCUT2D eigenvalue weighted by atomic mass is 10.0. The molecule has 4 aromatic heterocycles. The minimum atomic E-state index is -0.828. The van der Waals surface area contributed by atoms with Gasteiger partial charge in [-0.25, -0.2) is 28.9 Å². The van der Waals surface area contributed by atoms with Gasteiger partial charge < -0.3 is 39.7 Å². The molecule has 19 heteroatoms. The number of H-pyrrole nitrogens is 2. The Morgan fingerprint density at radius 2 is 1.75 bits per heavy atom. The number of hydrogen-bond donors (Lipinski definition) is 4. The number of nitrogens with one attached hydrogen (secondary N) is 4. The number of rotatable bonds is 13. The number of alkyl carbamates (subject to hydrolysis) is 2. The van der Waals surface area contributed by atoms with E-state index in [2.05, 4.69) is 35.3 Å². The van der Waals surface area contributed by atoms with Crippen molar-refractivity contribution >= 4 is 52.2 Å². The fourth-order valence-corrected chi connectivity index (χ4v) is 9.66. The maximum Gasteiger partial charge on any atom is 0.407 e. The van der Waals surface area contributed by atoms with Crippen LogP contribution in [0.15, 0.2) is 55.0 Å². The van der Waals surface area contributed by atoms with E-state index < -0.39 is 30.3 Å². The van der Waals surface area contributed by atoms with Crippen molar-refractivity contribution in [2.24, 2.45) is 5.92 Å². The molecule has 2 aliphatic heterocycles. The predicted octanol–water partition coefficient (Wildman–Crippen LogP) is 7.64. The summed E-state index contributed by atoms with van der Waals surface area (Å²) in [5.74, 6) is 0.446. The van der Waals surface area contributed by atoms with Crippen molar-refractivity contribution in [2.75, 3.05) is 38.8 Å². The Labute approximate surface area is 371 Å². The van der Waals surface area contributed by atoms with Gasteiger partial charge in [0.1, 0.15) is 30.0 Å². The molecule has 3 atom stereocenters. The number of amides is 4. The molecule has 0 radical (unpaired) electrons. The number of anilines is 1. The van der Waals surface area contributed by atoms with Crippen molar-refractivity contribution in [3.05, 3.63) is 76.5 Å². The van der Waals surface area contributed by atoms with Gasteiger partial charge in [0.25, 0.3) is 5.91 Å². The highest BCUT2D eigenvalue weighted by Gasteiger charge is 2.37. The Morgan fingerprint density at radius 1 is 0.969 bits per heavy atom. The summed E-state index contributed by atoms with van der Waals surface area (Å²) < 4.78 is 35.0. The summed E-state index contributed by atoms with van der Waals surface area (Å²) >= 11 is 1.61. The third-order valence-corrected chi connectivity index (χ3v) is 13.1. The van der Waals surface area contributed by atoms with Crippen molar-refractivity contribution in [1.82, 2.24) is 45.0 Å². The molecule has 2 aromatic carbocycles. The molecule has 1 aliphatic carbocycles. The van der Waals surface area contributed by atoms with E-state index in [4.69, 9.17) is 14.5 Å². The molecular formula is C45H49FN10O7S. The second-order valence-electron chi connectivity index (χ2n) is 16.6. The zero-order valence-electron chi connectivity index (χ0n) is 36.1. The average molecular weight is 893 g/mol. The fourth-order valence-electron chi connectivity index (χ4n) is 8.55. The molecule has 1 saturated carbocycles. The number of likely N-dealkylation sites (tertiary alicyclic amines) is 1. The van der Waals surface area contributed by atoms with E-state index in [0.29, 0.717) is 77.6 Å². The van der Waals surface area contributed by atoms with Crippen LogP contribution >= 0.6 is 11.3 Å². The minimum absolute atomic E-state index is 0.201. The average Bonchev–Trinajstić information content (AvgIpc) is 3.88. The molecule has 4 amide bonds. The van der Waals surface area contributed by atoms with Crippen LogP contribution in [0, 0.1) is 11.7 Å². The van der Waals surface area contributed by atoms with Crippen LogP contribution in [0.4, 0.5) is 19.9 Å². The largest absolute Gasteiger partial charge is 0.464 e. The van der Waals surface area contributed by atoms with E-state index in [1.807, 2.05) is 61.9 Å². The lowest BCUT2D eigenvalue weighted by molar-refractivity contribution is -0.131. The SMILES string of the molecule is CCCN(C(=O)C(NC(=O)OC)C(C)C)c1ncc(-c2ccc3c(c2)cc2n3[C@H](c3cnc(C4CC4)s3)Oc3cc(-c4cnc([C@@H]5CCCN5C(=O)CNC(=O)OC)[nH]4)cc(F)c3-2)[nH]1. The van der Waals surface area contributed by atoms with E-state index in [9.17, 15) is 19.2 Å². The van der Waals surface area contributed by atoms with E-state index in [1.165, 1.54) is 20.3 Å². The Bertz CT molecular complexity index is 2750. The van der Waals surface area contributed by atoms with Gasteiger partial charge in [0, 0.05) is 41.7 Å². The smallest absolute Gasteiger partial charge is 0.407 e. The Morgan fingerprint density at radius 3 is 2.50 bits per heavy atom. The van der Waals surface area contributed by atoms with E-state index >= 15 is 4.39 Å². The van der Waals surface area contributed by atoms with Gasteiger partial charge in [0.05, 0.1) is 70.7 Å². The zero-order chi connectivity index (χ0) is 44.8. The molecule has 0 spiro atoms. The number of hydrogen-bond acceptors (Lipinski definition) is 11. The second-order valence-corrected chi connectivity index (χ2v) is 17.7. The summed E-state index contributed by atoms with van der Waals surface area (Å²) in [6.45, 7) is 6.35. The van der Waals surface area contributed by atoms with Gasteiger partial charge in [-0.05, 0) is 68.4 Å². The van der Waals surface area contributed by atoms with Gasteiger partial charge in [-0.1, -0.05) is 26.8 Å². The number of methoxy groups -OCH3 is 2. The molecule has 17 nitrogen and oxygen atoms in total. The first-order chi connectivity index (χ1) is 31.0. The normalized spacial score (nSPS) is 17.1. The molecular weight excluding hydrogens is 844 g/mol. The molecule has 6 heterocycles. The van der Waals surface area contributed by atoms with Crippen molar-refractivity contribution < 1.29 is 37.8 Å². The highest BCUT2D eigenvalue weighted by atomic mass is 32.1. The third kappa shape index (κ3) is 8.03. The molecule has 2 fully saturated rings. The first-order valence-electron chi connectivity index (χ1n) is 21.4. The number of thiazole rings is 1. The number of carbonyl (C=O) groups is 4. The van der Waals surface area contributed by atoms with Crippen LogP contribution in [0.5, 0.6) is 5.75 Å². The maximum absolute atomic E-state index is 16.8. The Hall–Kier alpha value is -6.76. The summed E-state index contributed by atoms with van der Waals surface area (Å²) in [6.07, 6.45) is 7.44. The molecule has 1 saturated heterocycles. The van der Waals surface area contributed by atoms with Crippen LogP contribution in [-0.2, 0) is 19.1 Å². The maximum atomic E-state index is 16.8. The summed E-state index contributed by atoms with van der Waals surface area (Å²) in [4.78, 5) is 75.4. The number of benzene rings is 2. The minimum Gasteiger partial charge on any atom is -0.464 e. The van der Waals surface area contributed by atoms with Gasteiger partial charge in [0.2, 0.25) is 18.1 Å². The fraction of sp³-hybridized carbons (Fsp3) is 0.400. The van der Waals surface area contributed by atoms with Crippen LogP contribution in [0.3, 0.4) is 0 Å². The van der Waals surface area contributed by atoms with Gasteiger partial charge in [-0.3, -0.25) is 19.1 Å². The third-order valence-electron chi connectivity index (χ3n) is 11.9. The van der Waals surface area contributed by atoms with Gasteiger partial charge >= 0.3 is 12.2 Å². The standard InChI is InChI=1S/C45H49FN10O7S/c1-6-13-55(41(58)38(23(2)3)53-45(60)62-5)43-49-20-29(52-43)25-11-12-31-27(15-25)17-33-37-28(46)16-26(18-34(37)63-42(56(31)33)35-21-48-40(64-35)24-9-10-24)30-19-47-39(51-30)32-8-7-14-54(32)36(57)22-50-44(59)61-4/h11-12,15-21,23-24,32,38,42H,6-10,13-14,22H2,1-5H3,(H,47,51)(H,49,52)(H,50,59)(H,53,60)/t32-,38?,42-/m0/s1. The number of ether oxygens (including phenoxy) is 3. The van der Waals surface area contributed by atoms with Gasteiger partial charge in [0.15, 0.2) is 0 Å². The zero-order valence-corrected chi connectivity index (χ0v) is 36.9. The van der Waals surface area contributed by atoms with E-state index in [0.717, 1.165) is 45.6 Å². The number of halogens is 1.